The van der Waals surface area contributed by atoms with Gasteiger partial charge in [-0.15, -0.1) is 0 Å². The molecule has 0 radical (unpaired) electrons. The van der Waals surface area contributed by atoms with E-state index in [0.717, 1.165) is 11.3 Å². The van der Waals surface area contributed by atoms with Crippen LogP contribution in [0.4, 0.5) is 0 Å². The van der Waals surface area contributed by atoms with Crippen LogP contribution in [-0.4, -0.2) is 57.0 Å². The minimum Gasteiger partial charge on any atom is -0.496 e. The maximum atomic E-state index is 12.9. The van der Waals surface area contributed by atoms with Crippen LogP contribution < -0.4 is 15.4 Å². The number of benzene rings is 1. The molecule has 2 aliphatic rings. The zero-order valence-electron chi connectivity index (χ0n) is 17.4. The smallest absolute Gasteiger partial charge is 0.251 e. The summed E-state index contributed by atoms with van der Waals surface area (Å²) in [6.45, 7) is 7.30. The minimum absolute atomic E-state index is 0.129. The zero-order chi connectivity index (χ0) is 21.2. The molecule has 7 nitrogen and oxygen atoms in total. The fourth-order valence-corrected chi connectivity index (χ4v) is 5.20. The Morgan fingerprint density at radius 2 is 2.14 bits per heavy atom. The lowest BCUT2D eigenvalue weighted by atomic mass is 9.93. The molecule has 1 aliphatic heterocycles. The van der Waals surface area contributed by atoms with Crippen molar-refractivity contribution < 1.29 is 17.9 Å². The van der Waals surface area contributed by atoms with Crippen molar-refractivity contribution >= 4 is 15.9 Å². The normalized spacial score (nSPS) is 25.4. The van der Waals surface area contributed by atoms with Gasteiger partial charge in [-0.1, -0.05) is 12.2 Å². The van der Waals surface area contributed by atoms with Crippen LogP contribution in [0.5, 0.6) is 5.75 Å². The molecule has 1 aromatic rings. The largest absolute Gasteiger partial charge is 0.496 e. The van der Waals surface area contributed by atoms with Gasteiger partial charge in [-0.3, -0.25) is 4.79 Å². The van der Waals surface area contributed by atoms with Crippen molar-refractivity contribution in [3.05, 3.63) is 52.5 Å². The Kier molecular flexibility index (Phi) is 6.16. The number of carbonyl (C=O) groups is 1. The van der Waals surface area contributed by atoms with E-state index in [1.54, 1.807) is 43.5 Å². The maximum absolute atomic E-state index is 12.9. The molecule has 0 aromatic heterocycles. The van der Waals surface area contributed by atoms with E-state index in [0.29, 0.717) is 36.5 Å². The molecule has 1 heterocycles. The third kappa shape index (κ3) is 4.71. The van der Waals surface area contributed by atoms with E-state index in [4.69, 9.17) is 4.74 Å². The SMILES string of the molecule is COc1ccc(C(=O)NC2(C)C=CC(S(=O)(=O)N3CCNC(C)C3)=CC2)cc1C. The minimum atomic E-state index is -3.52. The number of allylic oxidation sites excluding steroid dienone is 1. The Labute approximate surface area is 172 Å². The molecule has 0 saturated carbocycles. The number of carbonyl (C=O) groups excluding carboxylic acids is 1. The van der Waals surface area contributed by atoms with Gasteiger partial charge in [0.2, 0.25) is 10.0 Å². The van der Waals surface area contributed by atoms with E-state index < -0.39 is 15.6 Å². The molecule has 2 atom stereocenters. The Hall–Kier alpha value is -2.16. The van der Waals surface area contributed by atoms with Gasteiger partial charge in [0.15, 0.2) is 0 Å². The summed E-state index contributed by atoms with van der Waals surface area (Å²) < 4.78 is 32.6. The zero-order valence-corrected chi connectivity index (χ0v) is 18.2. The van der Waals surface area contributed by atoms with Crippen molar-refractivity contribution in [1.29, 1.82) is 0 Å². The number of sulfonamides is 1. The number of ether oxygens (including phenoxy) is 1. The van der Waals surface area contributed by atoms with Crippen LogP contribution in [0.2, 0.25) is 0 Å². The number of amides is 1. The quantitative estimate of drug-likeness (QED) is 0.762. The fourth-order valence-electron chi connectivity index (χ4n) is 3.61. The lowest BCUT2D eigenvalue weighted by Crippen LogP contribution is -2.51. The Morgan fingerprint density at radius 3 is 2.72 bits per heavy atom. The third-order valence-corrected chi connectivity index (χ3v) is 7.28. The van der Waals surface area contributed by atoms with Gasteiger partial charge in [0, 0.05) is 31.2 Å². The van der Waals surface area contributed by atoms with Crippen LogP contribution in [0.15, 0.2) is 41.3 Å². The highest BCUT2D eigenvalue weighted by Gasteiger charge is 2.33. The molecular weight excluding hydrogens is 390 g/mol. The molecule has 1 aromatic carbocycles. The topological polar surface area (TPSA) is 87.7 Å². The van der Waals surface area contributed by atoms with Gasteiger partial charge in [0.25, 0.3) is 5.91 Å². The van der Waals surface area contributed by atoms with Crippen LogP contribution in [0.3, 0.4) is 0 Å². The van der Waals surface area contributed by atoms with E-state index in [-0.39, 0.29) is 11.9 Å². The summed E-state index contributed by atoms with van der Waals surface area (Å²) in [6, 6.07) is 5.39. The van der Waals surface area contributed by atoms with Gasteiger partial charge >= 0.3 is 0 Å². The predicted octanol–water partition coefficient (Wildman–Crippen LogP) is 1.96. The monoisotopic (exact) mass is 419 g/mol. The molecule has 29 heavy (non-hydrogen) atoms. The highest BCUT2D eigenvalue weighted by atomic mass is 32.2. The molecule has 1 saturated heterocycles. The van der Waals surface area contributed by atoms with Gasteiger partial charge in [0.1, 0.15) is 5.75 Å². The predicted molar refractivity (Wildman–Crippen MR) is 113 cm³/mol. The first-order chi connectivity index (χ1) is 13.6. The molecular formula is C21H29N3O4S. The van der Waals surface area contributed by atoms with Crippen molar-refractivity contribution in [3.8, 4) is 5.75 Å². The van der Waals surface area contributed by atoms with Gasteiger partial charge < -0.3 is 15.4 Å². The number of rotatable bonds is 5. The fraction of sp³-hybridized carbons (Fsp3) is 0.476. The summed E-state index contributed by atoms with van der Waals surface area (Å²) >= 11 is 0. The molecule has 1 amide bonds. The van der Waals surface area contributed by atoms with Crippen molar-refractivity contribution in [2.24, 2.45) is 0 Å². The van der Waals surface area contributed by atoms with Crippen molar-refractivity contribution in [2.45, 2.75) is 38.8 Å². The molecule has 2 unspecified atom stereocenters. The van der Waals surface area contributed by atoms with Gasteiger partial charge in [-0.25, -0.2) is 8.42 Å². The number of methoxy groups -OCH3 is 1. The molecule has 1 fully saturated rings. The van der Waals surface area contributed by atoms with Gasteiger partial charge in [-0.2, -0.15) is 4.31 Å². The molecule has 8 heteroatoms. The first kappa shape index (κ1) is 21.5. The Balaban J connectivity index is 1.69. The average molecular weight is 420 g/mol. The van der Waals surface area contributed by atoms with Crippen LogP contribution >= 0.6 is 0 Å². The van der Waals surface area contributed by atoms with Crippen LogP contribution in [-0.2, 0) is 10.0 Å². The number of hydrogen-bond acceptors (Lipinski definition) is 5. The summed E-state index contributed by atoms with van der Waals surface area (Å²) in [5, 5.41) is 6.25. The van der Waals surface area contributed by atoms with Gasteiger partial charge in [-0.05, 0) is 57.0 Å². The second kappa shape index (κ2) is 8.30. The van der Waals surface area contributed by atoms with Crippen LogP contribution in [0.25, 0.3) is 0 Å². The number of nitrogens with one attached hydrogen (secondary N) is 2. The number of hydrogen-bond donors (Lipinski definition) is 2. The average Bonchev–Trinajstić information content (AvgIpc) is 2.68. The molecule has 0 bridgehead atoms. The third-order valence-electron chi connectivity index (χ3n) is 5.37. The summed E-state index contributed by atoms with van der Waals surface area (Å²) in [7, 11) is -1.93. The van der Waals surface area contributed by atoms with E-state index >= 15 is 0 Å². The van der Waals surface area contributed by atoms with Crippen molar-refractivity contribution in [3.63, 3.8) is 0 Å². The lowest BCUT2D eigenvalue weighted by molar-refractivity contribution is 0.0922. The number of nitrogens with zero attached hydrogens (tertiary/aromatic N) is 1. The first-order valence-electron chi connectivity index (χ1n) is 9.75. The molecule has 0 spiro atoms. The summed E-state index contributed by atoms with van der Waals surface area (Å²) in [5.41, 5.74) is 0.763. The molecule has 1 aliphatic carbocycles. The Morgan fingerprint density at radius 1 is 1.38 bits per heavy atom. The van der Waals surface area contributed by atoms with Crippen molar-refractivity contribution in [1.82, 2.24) is 14.9 Å². The number of aryl methyl sites for hydroxylation is 1. The summed E-state index contributed by atoms with van der Waals surface area (Å²) in [6.07, 6.45) is 5.47. The highest BCUT2D eigenvalue weighted by Crippen LogP contribution is 2.27. The van der Waals surface area contributed by atoms with Gasteiger partial charge in [0.05, 0.1) is 17.6 Å². The van der Waals surface area contributed by atoms with Crippen LogP contribution in [0.1, 0.15) is 36.2 Å². The standard InChI is InChI=1S/C21H29N3O4S/c1-15-13-17(5-6-19(15)28-4)20(25)23-21(3)9-7-18(8-10-21)29(26,27)24-12-11-22-16(2)14-24/h5-9,13,16,22H,10-12,14H2,1-4H3,(H,23,25). The summed E-state index contributed by atoms with van der Waals surface area (Å²) in [5.74, 6) is 0.517. The second-order valence-corrected chi connectivity index (χ2v) is 9.86. The molecule has 158 valence electrons. The maximum Gasteiger partial charge on any atom is 0.251 e. The highest BCUT2D eigenvalue weighted by molar-refractivity contribution is 7.93. The van der Waals surface area contributed by atoms with Crippen molar-refractivity contribution in [2.75, 3.05) is 26.7 Å². The van der Waals surface area contributed by atoms with E-state index in [9.17, 15) is 13.2 Å². The van der Waals surface area contributed by atoms with E-state index in [2.05, 4.69) is 10.6 Å². The lowest BCUT2D eigenvalue weighted by Gasteiger charge is -2.33. The van der Waals surface area contributed by atoms with E-state index in [1.807, 2.05) is 20.8 Å². The van der Waals surface area contributed by atoms with E-state index in [1.165, 1.54) is 4.31 Å². The molecule has 3 rings (SSSR count). The summed E-state index contributed by atoms with van der Waals surface area (Å²) in [4.78, 5) is 13.0. The number of piperazine rings is 1. The first-order valence-corrected chi connectivity index (χ1v) is 11.2. The Bertz CT molecular complexity index is 955. The second-order valence-electron chi connectivity index (χ2n) is 7.92. The van der Waals surface area contributed by atoms with Crippen LogP contribution in [0, 0.1) is 6.92 Å². The molecule has 2 N–H and O–H groups in total.